The predicted molar refractivity (Wildman–Crippen MR) is 177 cm³/mol. The topological polar surface area (TPSA) is 111 Å². The van der Waals surface area contributed by atoms with Crippen LogP contribution in [0.25, 0.3) is 11.1 Å². The summed E-state index contributed by atoms with van der Waals surface area (Å²) in [6.45, 7) is 0. The molecule has 0 fully saturated rings. The fourth-order valence-corrected chi connectivity index (χ4v) is 6.26. The first kappa shape index (κ1) is 27.5. The maximum absolute atomic E-state index is 9.80. The number of anilines is 2. The predicted octanol–water partition coefficient (Wildman–Crippen LogP) is 8.19. The van der Waals surface area contributed by atoms with Crippen LogP contribution in [-0.2, 0) is 5.41 Å². The Balaban J connectivity index is 1.37. The molecular weight excluding hydrogens is 560 g/mol. The van der Waals surface area contributed by atoms with E-state index in [-0.39, 0.29) is 22.9 Å². The van der Waals surface area contributed by atoms with Crippen LogP contribution < -0.4 is 20.9 Å². The molecule has 0 heterocycles. The number of rotatable bonds is 6. The van der Waals surface area contributed by atoms with Gasteiger partial charge in [0.15, 0.2) is 0 Å². The van der Waals surface area contributed by atoms with Crippen LogP contribution in [0.4, 0.5) is 11.4 Å². The Labute approximate surface area is 260 Å². The maximum atomic E-state index is 9.80. The van der Waals surface area contributed by atoms with Crippen molar-refractivity contribution < 1.29 is 19.7 Å². The minimum absolute atomic E-state index is 0.00568. The number of hydrogen-bond donors (Lipinski definition) is 4. The summed E-state index contributed by atoms with van der Waals surface area (Å²) in [7, 11) is 0. The lowest BCUT2D eigenvalue weighted by molar-refractivity contribution is 0.466. The van der Waals surface area contributed by atoms with Crippen molar-refractivity contribution >= 4 is 11.4 Å². The first-order chi connectivity index (χ1) is 21.9. The van der Waals surface area contributed by atoms with Crippen molar-refractivity contribution in [1.82, 2.24) is 0 Å². The van der Waals surface area contributed by atoms with Crippen LogP contribution in [0.3, 0.4) is 0 Å². The van der Waals surface area contributed by atoms with Gasteiger partial charge in [-0.15, -0.1) is 6.42 Å². The highest BCUT2D eigenvalue weighted by atomic mass is 16.5. The Hall–Kier alpha value is -6.32. The van der Waals surface area contributed by atoms with Crippen LogP contribution in [0.1, 0.15) is 27.8 Å². The molecule has 0 amide bonds. The minimum atomic E-state index is -0.738. The summed E-state index contributed by atoms with van der Waals surface area (Å²) in [6, 6.07) is 39.9. The largest absolute Gasteiger partial charge is 0.506 e. The molecule has 0 aromatic heterocycles. The SMILES string of the molecule is C#Cc1cccc2c1C(c1ccc(Oc3ccc(O)c(N)c3)cc1)(c1ccc(Oc3ccc(O)c(N)c3)cc1)c1ccccc1-2. The lowest BCUT2D eigenvalue weighted by Gasteiger charge is -2.34. The monoisotopic (exact) mass is 588 g/mol. The molecule has 6 aromatic rings. The van der Waals surface area contributed by atoms with E-state index in [1.807, 2.05) is 42.5 Å². The molecule has 0 radical (unpaired) electrons. The number of hydrogen-bond acceptors (Lipinski definition) is 6. The first-order valence-corrected chi connectivity index (χ1v) is 14.3. The summed E-state index contributed by atoms with van der Waals surface area (Å²) < 4.78 is 12.2. The van der Waals surface area contributed by atoms with E-state index in [1.54, 1.807) is 24.3 Å². The Morgan fingerprint density at radius 3 is 1.56 bits per heavy atom. The molecule has 6 heteroatoms. The average molecular weight is 589 g/mol. The normalized spacial score (nSPS) is 12.5. The highest BCUT2D eigenvalue weighted by Crippen LogP contribution is 2.57. The number of fused-ring (bicyclic) bond motifs is 3. The van der Waals surface area contributed by atoms with Crippen molar-refractivity contribution in [3.63, 3.8) is 0 Å². The fourth-order valence-electron chi connectivity index (χ4n) is 6.26. The standard InChI is InChI=1S/C39H28N2O4/c1-2-24-6-5-8-32-31-7-3-4-9-33(31)39(38(24)32,25-10-14-27(15-11-25)44-29-18-20-36(42)34(40)22-29)26-12-16-28(17-13-26)45-30-19-21-37(43)35(41)23-30/h1,3-23,42-43H,40-41H2. The van der Waals surface area contributed by atoms with Crippen LogP contribution in [0.15, 0.2) is 127 Å². The van der Waals surface area contributed by atoms with Gasteiger partial charge in [-0.2, -0.15) is 0 Å². The zero-order valence-electron chi connectivity index (χ0n) is 24.1. The second kappa shape index (κ2) is 10.7. The molecule has 6 nitrogen and oxygen atoms in total. The van der Waals surface area contributed by atoms with Gasteiger partial charge in [0.05, 0.1) is 16.8 Å². The zero-order valence-corrected chi connectivity index (χ0v) is 24.1. The van der Waals surface area contributed by atoms with E-state index >= 15 is 0 Å². The fraction of sp³-hybridized carbons (Fsp3) is 0.0256. The smallest absolute Gasteiger partial charge is 0.138 e. The number of phenolic OH excluding ortho intramolecular Hbond substituents is 2. The van der Waals surface area contributed by atoms with Gasteiger partial charge in [-0.3, -0.25) is 0 Å². The van der Waals surface area contributed by atoms with Gasteiger partial charge in [0.2, 0.25) is 0 Å². The molecule has 0 spiro atoms. The second-order valence-electron chi connectivity index (χ2n) is 10.9. The van der Waals surface area contributed by atoms with Gasteiger partial charge in [0.25, 0.3) is 0 Å². The van der Waals surface area contributed by atoms with E-state index in [1.165, 1.54) is 12.1 Å². The van der Waals surface area contributed by atoms with Gasteiger partial charge in [0, 0.05) is 17.7 Å². The van der Waals surface area contributed by atoms with Crippen molar-refractivity contribution in [2.45, 2.75) is 5.41 Å². The van der Waals surface area contributed by atoms with Crippen LogP contribution in [0.5, 0.6) is 34.5 Å². The molecule has 0 atom stereocenters. The van der Waals surface area contributed by atoms with Crippen molar-refractivity contribution in [3.05, 3.63) is 155 Å². The van der Waals surface area contributed by atoms with E-state index in [9.17, 15) is 10.2 Å². The number of nitrogens with two attached hydrogens (primary N) is 2. The molecule has 0 bridgehead atoms. The number of phenols is 2. The molecule has 0 saturated carbocycles. The number of benzene rings is 6. The number of terminal acetylenes is 1. The molecule has 6 N–H and O–H groups in total. The lowest BCUT2D eigenvalue weighted by Crippen LogP contribution is -2.29. The Morgan fingerprint density at radius 2 is 1.04 bits per heavy atom. The third-order valence-corrected chi connectivity index (χ3v) is 8.26. The molecule has 218 valence electrons. The van der Waals surface area contributed by atoms with E-state index in [2.05, 4.69) is 54.5 Å². The van der Waals surface area contributed by atoms with Gasteiger partial charge < -0.3 is 31.2 Å². The van der Waals surface area contributed by atoms with Gasteiger partial charge in [-0.05, 0) is 88.0 Å². The van der Waals surface area contributed by atoms with Crippen LogP contribution in [-0.4, -0.2) is 10.2 Å². The van der Waals surface area contributed by atoms with Crippen molar-refractivity contribution in [1.29, 1.82) is 0 Å². The molecule has 7 rings (SSSR count). The molecule has 0 saturated heterocycles. The molecule has 1 aliphatic rings. The lowest BCUT2D eigenvalue weighted by atomic mass is 9.66. The number of ether oxygens (including phenoxy) is 2. The highest BCUT2D eigenvalue weighted by molar-refractivity contribution is 5.88. The summed E-state index contributed by atoms with van der Waals surface area (Å²) in [6.07, 6.45) is 6.15. The quantitative estimate of drug-likeness (QED) is 0.0886. The van der Waals surface area contributed by atoms with Gasteiger partial charge in [-0.25, -0.2) is 0 Å². The average Bonchev–Trinajstić information content (AvgIpc) is 3.37. The molecule has 0 unspecified atom stereocenters. The Bertz CT molecular complexity index is 2020. The summed E-state index contributed by atoms with van der Waals surface area (Å²) in [5.74, 6) is 5.23. The molecular formula is C39H28N2O4. The third kappa shape index (κ3) is 4.55. The maximum Gasteiger partial charge on any atom is 0.138 e. The third-order valence-electron chi connectivity index (χ3n) is 8.26. The van der Waals surface area contributed by atoms with Crippen LogP contribution in [0.2, 0.25) is 0 Å². The summed E-state index contributed by atoms with van der Waals surface area (Å²) >= 11 is 0. The van der Waals surface area contributed by atoms with Crippen LogP contribution in [0, 0.1) is 12.3 Å². The zero-order chi connectivity index (χ0) is 31.1. The summed E-state index contributed by atoms with van der Waals surface area (Å²) in [5.41, 5.74) is 18.7. The summed E-state index contributed by atoms with van der Waals surface area (Å²) in [5, 5.41) is 19.6. The number of aromatic hydroxyl groups is 2. The second-order valence-corrected chi connectivity index (χ2v) is 10.9. The Morgan fingerprint density at radius 1 is 0.556 bits per heavy atom. The summed E-state index contributed by atoms with van der Waals surface area (Å²) in [4.78, 5) is 0. The van der Waals surface area contributed by atoms with E-state index in [0.717, 1.165) is 38.9 Å². The molecule has 0 aliphatic heterocycles. The highest BCUT2D eigenvalue weighted by Gasteiger charge is 2.47. The van der Waals surface area contributed by atoms with Gasteiger partial charge in [-0.1, -0.05) is 66.6 Å². The molecule has 6 aromatic carbocycles. The van der Waals surface area contributed by atoms with Crippen molar-refractivity contribution in [3.8, 4) is 58.0 Å². The van der Waals surface area contributed by atoms with Gasteiger partial charge >= 0.3 is 0 Å². The minimum Gasteiger partial charge on any atom is -0.506 e. The van der Waals surface area contributed by atoms with Crippen molar-refractivity contribution in [2.24, 2.45) is 0 Å². The van der Waals surface area contributed by atoms with Crippen molar-refractivity contribution in [2.75, 3.05) is 11.5 Å². The Kier molecular flexibility index (Phi) is 6.57. The first-order valence-electron chi connectivity index (χ1n) is 14.3. The van der Waals surface area contributed by atoms with Gasteiger partial charge in [0.1, 0.15) is 34.5 Å². The molecule has 1 aliphatic carbocycles. The van der Waals surface area contributed by atoms with E-state index in [0.29, 0.717) is 23.0 Å². The molecule has 45 heavy (non-hydrogen) atoms. The van der Waals surface area contributed by atoms with Crippen LogP contribution >= 0.6 is 0 Å². The van der Waals surface area contributed by atoms with E-state index in [4.69, 9.17) is 27.4 Å². The number of nitrogen functional groups attached to an aromatic ring is 2. The van der Waals surface area contributed by atoms with E-state index < -0.39 is 5.41 Å².